The minimum atomic E-state index is -5.75. The van der Waals surface area contributed by atoms with Gasteiger partial charge in [-0.15, -0.1) is 0 Å². The molecule has 0 saturated heterocycles. The summed E-state index contributed by atoms with van der Waals surface area (Å²) in [6.07, 6.45) is -5.75. The number of benzene rings is 1. The van der Waals surface area contributed by atoms with Gasteiger partial charge in [0, 0.05) is 0 Å². The highest BCUT2D eigenvalue weighted by Gasteiger charge is 2.44. The number of alkyl halides is 3. The Kier molecular flexibility index (Phi) is 3.13. The molecule has 0 fully saturated rings. The number of Topliss-reactive ketones (excluding diaryl/α,β-unsaturated/α-hetero) is 1. The van der Waals surface area contributed by atoms with Gasteiger partial charge in [-0.3, -0.25) is 4.79 Å². The minimum Gasteiger partial charge on any atom is -0.284 e. The molecule has 0 aliphatic rings. The Balaban J connectivity index is 3.62. The summed E-state index contributed by atoms with van der Waals surface area (Å²) in [6, 6.07) is 0. The molecule has 9 heteroatoms. The van der Waals surface area contributed by atoms with Gasteiger partial charge >= 0.3 is 6.18 Å². The molecule has 1 aromatic rings. The topological polar surface area (TPSA) is 17.1 Å². The predicted octanol–water partition coefficient (Wildman–Crippen LogP) is 3.13. The van der Waals surface area contributed by atoms with E-state index in [-0.39, 0.29) is 0 Å². The van der Waals surface area contributed by atoms with E-state index in [1.807, 2.05) is 0 Å². The van der Waals surface area contributed by atoms with E-state index in [4.69, 9.17) is 0 Å². The Labute approximate surface area is 87.6 Å². The fourth-order valence-electron chi connectivity index (χ4n) is 0.946. The molecule has 1 nitrogen and oxygen atoms in total. The van der Waals surface area contributed by atoms with Crippen LogP contribution >= 0.6 is 0 Å². The van der Waals surface area contributed by atoms with Crippen molar-refractivity contribution in [1.82, 2.24) is 0 Å². The first kappa shape index (κ1) is 13.4. The second-order valence-electron chi connectivity index (χ2n) is 2.77. The van der Waals surface area contributed by atoms with Crippen molar-refractivity contribution >= 4 is 5.78 Å². The van der Waals surface area contributed by atoms with Gasteiger partial charge in [0.2, 0.25) is 5.82 Å². The summed E-state index contributed by atoms with van der Waals surface area (Å²) < 4.78 is 98.4. The van der Waals surface area contributed by atoms with Crippen LogP contribution in [-0.2, 0) is 0 Å². The summed E-state index contributed by atoms with van der Waals surface area (Å²) in [4.78, 5) is 10.5. The third kappa shape index (κ3) is 2.08. The largest absolute Gasteiger partial charge is 0.455 e. The van der Waals surface area contributed by atoms with Gasteiger partial charge in [-0.1, -0.05) is 0 Å². The molecule has 1 rings (SSSR count). The molecular weight excluding hydrogens is 264 g/mol. The van der Waals surface area contributed by atoms with E-state index in [1.165, 1.54) is 0 Å². The molecule has 0 unspecified atom stereocenters. The lowest BCUT2D eigenvalue weighted by atomic mass is 10.1. The fraction of sp³-hybridized carbons (Fsp3) is 0.125. The van der Waals surface area contributed by atoms with Crippen LogP contribution in [0.3, 0.4) is 0 Å². The molecule has 0 amide bonds. The number of halogens is 8. The van der Waals surface area contributed by atoms with E-state index in [0.717, 1.165) is 0 Å². The van der Waals surface area contributed by atoms with Crippen molar-refractivity contribution in [2.75, 3.05) is 0 Å². The second kappa shape index (κ2) is 3.97. The first-order valence-electron chi connectivity index (χ1n) is 3.72. The Bertz CT molecular complexity index is 460. The Morgan fingerprint density at radius 3 is 1.29 bits per heavy atom. The average Bonchev–Trinajstić information content (AvgIpc) is 2.22. The summed E-state index contributed by atoms with van der Waals surface area (Å²) in [5.41, 5.74) is -2.52. The molecule has 0 aliphatic carbocycles. The molecule has 17 heavy (non-hydrogen) atoms. The monoisotopic (exact) mass is 264 g/mol. The summed E-state index contributed by atoms with van der Waals surface area (Å²) >= 11 is 0. The maximum atomic E-state index is 12.7. The highest BCUT2D eigenvalue weighted by molar-refractivity contribution is 6.00. The van der Waals surface area contributed by atoms with Crippen molar-refractivity contribution in [1.29, 1.82) is 0 Å². The Morgan fingerprint density at radius 1 is 0.706 bits per heavy atom. The van der Waals surface area contributed by atoms with E-state index in [0.29, 0.717) is 0 Å². The molecule has 0 radical (unpaired) electrons. The normalized spacial score (nSPS) is 11.8. The lowest BCUT2D eigenvalue weighted by molar-refractivity contribution is -0.0891. The maximum Gasteiger partial charge on any atom is 0.455 e. The van der Waals surface area contributed by atoms with Crippen molar-refractivity contribution in [3.05, 3.63) is 34.6 Å². The first-order valence-corrected chi connectivity index (χ1v) is 3.72. The van der Waals surface area contributed by atoms with Crippen molar-refractivity contribution in [2.24, 2.45) is 0 Å². The molecule has 1 aromatic carbocycles. The van der Waals surface area contributed by atoms with E-state index in [2.05, 4.69) is 0 Å². The van der Waals surface area contributed by atoms with Gasteiger partial charge in [0.15, 0.2) is 23.3 Å². The van der Waals surface area contributed by atoms with Crippen LogP contribution in [0.15, 0.2) is 0 Å². The molecule has 0 bridgehead atoms. The van der Waals surface area contributed by atoms with Gasteiger partial charge in [0.05, 0.1) is 0 Å². The van der Waals surface area contributed by atoms with Crippen molar-refractivity contribution < 1.29 is 39.9 Å². The van der Waals surface area contributed by atoms with Crippen LogP contribution in [-0.4, -0.2) is 12.0 Å². The van der Waals surface area contributed by atoms with Gasteiger partial charge < -0.3 is 0 Å². The van der Waals surface area contributed by atoms with Crippen molar-refractivity contribution in [3.63, 3.8) is 0 Å². The highest BCUT2D eigenvalue weighted by atomic mass is 19.4. The van der Waals surface area contributed by atoms with E-state index in [1.54, 1.807) is 0 Å². The standard InChI is InChI=1S/C8F8O/c9-2-1(7(17)8(14,15)16)3(10)5(12)6(13)4(2)11. The Hall–Kier alpha value is -1.67. The quantitative estimate of drug-likeness (QED) is 0.329. The zero-order valence-electron chi connectivity index (χ0n) is 7.43. The van der Waals surface area contributed by atoms with Crippen LogP contribution in [0.4, 0.5) is 35.1 Å². The second-order valence-corrected chi connectivity index (χ2v) is 2.77. The molecular formula is C8F8O. The molecule has 0 saturated carbocycles. The molecule has 0 spiro atoms. The van der Waals surface area contributed by atoms with Gasteiger partial charge in [-0.05, 0) is 0 Å². The molecule has 0 N–H and O–H groups in total. The van der Waals surface area contributed by atoms with Gasteiger partial charge in [0.1, 0.15) is 5.56 Å². The lowest BCUT2D eigenvalue weighted by Crippen LogP contribution is -2.26. The van der Waals surface area contributed by atoms with Crippen LogP contribution in [0.1, 0.15) is 10.4 Å². The molecule has 94 valence electrons. The van der Waals surface area contributed by atoms with E-state index >= 15 is 0 Å². The summed E-state index contributed by atoms with van der Waals surface area (Å²) in [6.45, 7) is 0. The Morgan fingerprint density at radius 2 is 1.00 bits per heavy atom. The number of carbonyl (C=O) groups excluding carboxylic acids is 1. The average molecular weight is 264 g/mol. The predicted molar refractivity (Wildman–Crippen MR) is 36.6 cm³/mol. The molecule has 0 aliphatic heterocycles. The summed E-state index contributed by atoms with van der Waals surface area (Å²) in [5, 5.41) is 0. The fourth-order valence-corrected chi connectivity index (χ4v) is 0.946. The van der Waals surface area contributed by atoms with E-state index < -0.39 is 46.6 Å². The van der Waals surface area contributed by atoms with Crippen LogP contribution in [0.25, 0.3) is 0 Å². The zero-order chi connectivity index (χ0) is 13.5. The minimum absolute atomic E-state index is 2.52. The number of carbonyl (C=O) groups is 1. The van der Waals surface area contributed by atoms with Crippen molar-refractivity contribution in [2.45, 2.75) is 6.18 Å². The maximum absolute atomic E-state index is 12.7. The molecule has 0 heterocycles. The summed E-state index contributed by atoms with van der Waals surface area (Å²) in [7, 11) is 0. The van der Waals surface area contributed by atoms with Crippen LogP contribution in [0, 0.1) is 29.1 Å². The smallest absolute Gasteiger partial charge is 0.284 e. The van der Waals surface area contributed by atoms with Crippen LogP contribution in [0.2, 0.25) is 0 Å². The van der Waals surface area contributed by atoms with Gasteiger partial charge in [-0.2, -0.15) is 13.2 Å². The highest BCUT2D eigenvalue weighted by Crippen LogP contribution is 2.29. The number of hydrogen-bond donors (Lipinski definition) is 0. The zero-order valence-corrected chi connectivity index (χ0v) is 7.43. The number of hydrogen-bond acceptors (Lipinski definition) is 1. The number of rotatable bonds is 1. The SMILES string of the molecule is O=C(c1c(F)c(F)c(F)c(F)c1F)C(F)(F)F. The third-order valence-electron chi connectivity index (χ3n) is 1.69. The van der Waals surface area contributed by atoms with Gasteiger partial charge in [0.25, 0.3) is 5.78 Å². The van der Waals surface area contributed by atoms with Crippen molar-refractivity contribution in [3.8, 4) is 0 Å². The van der Waals surface area contributed by atoms with Gasteiger partial charge in [-0.25, -0.2) is 22.0 Å². The first-order chi connectivity index (χ1) is 7.59. The summed E-state index contributed by atoms with van der Waals surface area (Å²) in [5.74, 6) is -16.6. The van der Waals surface area contributed by atoms with Crippen LogP contribution < -0.4 is 0 Å². The van der Waals surface area contributed by atoms with Crippen LogP contribution in [0.5, 0.6) is 0 Å². The molecule has 0 aromatic heterocycles. The molecule has 0 atom stereocenters. The third-order valence-corrected chi connectivity index (χ3v) is 1.69. The lowest BCUT2D eigenvalue weighted by Gasteiger charge is -2.09. The number of ketones is 1. The van der Waals surface area contributed by atoms with E-state index in [9.17, 15) is 39.9 Å².